The highest BCUT2D eigenvalue weighted by Crippen LogP contribution is 2.26. The van der Waals surface area contributed by atoms with E-state index in [2.05, 4.69) is 54.3 Å². The summed E-state index contributed by atoms with van der Waals surface area (Å²) in [5, 5.41) is 12.7. The van der Waals surface area contributed by atoms with E-state index in [-0.39, 0.29) is 0 Å². The van der Waals surface area contributed by atoms with Gasteiger partial charge in [0.05, 0.1) is 16.8 Å². The number of nitrogens with one attached hydrogen (secondary N) is 1. The number of aromatic nitrogens is 4. The van der Waals surface area contributed by atoms with Crippen molar-refractivity contribution in [1.29, 1.82) is 0 Å². The quantitative estimate of drug-likeness (QED) is 0.739. The van der Waals surface area contributed by atoms with E-state index in [9.17, 15) is 0 Å². The van der Waals surface area contributed by atoms with E-state index in [1.165, 1.54) is 11.1 Å². The highest BCUT2D eigenvalue weighted by atomic mass is 15.4. The molecular formula is C14H17N5. The van der Waals surface area contributed by atoms with Gasteiger partial charge in [0.1, 0.15) is 5.82 Å². The van der Waals surface area contributed by atoms with Gasteiger partial charge in [-0.2, -0.15) is 10.2 Å². The summed E-state index contributed by atoms with van der Waals surface area (Å²) >= 11 is 0. The van der Waals surface area contributed by atoms with Gasteiger partial charge in [0.2, 0.25) is 0 Å². The normalized spacial score (nSPS) is 11.3. The molecular weight excluding hydrogens is 238 g/mol. The van der Waals surface area contributed by atoms with Crippen LogP contribution in [0.15, 0.2) is 18.2 Å². The molecule has 19 heavy (non-hydrogen) atoms. The Hall–Kier alpha value is -2.30. The predicted molar refractivity (Wildman–Crippen MR) is 76.5 cm³/mol. The average Bonchev–Trinajstić information content (AvgIpc) is 2.91. The summed E-state index contributed by atoms with van der Waals surface area (Å²) in [5.74, 6) is 0.586. The van der Waals surface area contributed by atoms with Crippen LogP contribution in [0.3, 0.4) is 0 Å². The minimum atomic E-state index is 0.586. The summed E-state index contributed by atoms with van der Waals surface area (Å²) in [4.78, 5) is 0. The first kappa shape index (κ1) is 11.8. The van der Waals surface area contributed by atoms with Crippen molar-refractivity contribution in [3.05, 3.63) is 35.0 Å². The number of hydrogen-bond acceptors (Lipinski definition) is 3. The van der Waals surface area contributed by atoms with E-state index in [1.807, 2.05) is 4.68 Å². The molecule has 0 unspecified atom stereocenters. The molecule has 5 heteroatoms. The fraction of sp³-hybridized carbons (Fsp3) is 0.286. The maximum absolute atomic E-state index is 5.93. The second-order valence-electron chi connectivity index (χ2n) is 4.84. The van der Waals surface area contributed by atoms with Crippen LogP contribution >= 0.6 is 0 Å². The standard InChI is InChI=1S/C14H17N5/c1-4-10-12-13(15)16-17-14(12)19(18-10)11-6-5-8(2)7-9(11)3/h5-7H,4H2,1-3H3,(H3,15,16,17). The van der Waals surface area contributed by atoms with Crippen LogP contribution < -0.4 is 5.73 Å². The third-order valence-electron chi connectivity index (χ3n) is 3.40. The summed E-state index contributed by atoms with van der Waals surface area (Å²) in [7, 11) is 0. The zero-order valence-corrected chi connectivity index (χ0v) is 11.4. The molecule has 0 atom stereocenters. The molecule has 0 aliphatic carbocycles. The molecule has 0 aliphatic heterocycles. The number of fused-ring (bicyclic) bond motifs is 1. The number of H-pyrrole nitrogens is 1. The Kier molecular flexibility index (Phi) is 2.55. The van der Waals surface area contributed by atoms with Gasteiger partial charge in [0.15, 0.2) is 5.65 Å². The van der Waals surface area contributed by atoms with Crippen molar-refractivity contribution in [2.75, 3.05) is 5.73 Å². The number of nitrogen functional groups attached to an aromatic ring is 1. The van der Waals surface area contributed by atoms with Gasteiger partial charge >= 0.3 is 0 Å². The number of anilines is 1. The number of rotatable bonds is 2. The summed E-state index contributed by atoms with van der Waals surface area (Å²) < 4.78 is 1.87. The van der Waals surface area contributed by atoms with Crippen LogP contribution in [0.2, 0.25) is 0 Å². The van der Waals surface area contributed by atoms with Gasteiger partial charge in [0.25, 0.3) is 0 Å². The van der Waals surface area contributed by atoms with E-state index < -0.39 is 0 Å². The maximum Gasteiger partial charge on any atom is 0.186 e. The Morgan fingerprint density at radius 2 is 2.11 bits per heavy atom. The van der Waals surface area contributed by atoms with Gasteiger partial charge in [-0.05, 0) is 31.9 Å². The van der Waals surface area contributed by atoms with Crippen molar-refractivity contribution >= 4 is 16.9 Å². The van der Waals surface area contributed by atoms with Crippen LogP contribution in [0.5, 0.6) is 0 Å². The molecule has 0 saturated carbocycles. The molecule has 0 radical (unpaired) electrons. The van der Waals surface area contributed by atoms with Gasteiger partial charge in [-0.15, -0.1) is 0 Å². The molecule has 98 valence electrons. The van der Waals surface area contributed by atoms with Crippen LogP contribution in [0.4, 0.5) is 5.82 Å². The molecule has 2 aromatic heterocycles. The molecule has 0 bridgehead atoms. The first-order valence-corrected chi connectivity index (χ1v) is 6.41. The number of nitrogens with two attached hydrogens (primary N) is 1. The van der Waals surface area contributed by atoms with Gasteiger partial charge in [-0.1, -0.05) is 24.6 Å². The summed E-state index contributed by atoms with van der Waals surface area (Å²) in [5.41, 5.74) is 11.2. The van der Waals surface area contributed by atoms with E-state index in [4.69, 9.17) is 5.73 Å². The highest BCUT2D eigenvalue weighted by Gasteiger charge is 2.17. The smallest absolute Gasteiger partial charge is 0.186 e. The van der Waals surface area contributed by atoms with Gasteiger partial charge in [-0.25, -0.2) is 4.68 Å². The number of hydrogen-bond donors (Lipinski definition) is 2. The fourth-order valence-corrected chi connectivity index (χ4v) is 2.46. The molecule has 0 amide bonds. The average molecular weight is 255 g/mol. The van der Waals surface area contributed by atoms with E-state index in [0.29, 0.717) is 5.82 Å². The van der Waals surface area contributed by atoms with E-state index >= 15 is 0 Å². The lowest BCUT2D eigenvalue weighted by Crippen LogP contribution is -2.01. The van der Waals surface area contributed by atoms with Crippen LogP contribution in [0.25, 0.3) is 16.7 Å². The maximum atomic E-state index is 5.93. The fourth-order valence-electron chi connectivity index (χ4n) is 2.46. The lowest BCUT2D eigenvalue weighted by atomic mass is 10.1. The number of benzene rings is 1. The van der Waals surface area contributed by atoms with Crippen LogP contribution in [0.1, 0.15) is 23.7 Å². The molecule has 0 aliphatic rings. The van der Waals surface area contributed by atoms with Crippen molar-refractivity contribution in [3.8, 4) is 5.69 Å². The van der Waals surface area contributed by atoms with Crippen molar-refractivity contribution in [1.82, 2.24) is 20.0 Å². The largest absolute Gasteiger partial charge is 0.383 e. The lowest BCUT2D eigenvalue weighted by molar-refractivity contribution is 0.838. The Balaban J connectivity index is 2.30. The van der Waals surface area contributed by atoms with Gasteiger partial charge < -0.3 is 5.73 Å². The SMILES string of the molecule is CCc1nn(-c2ccc(C)cc2C)c2n[nH]c(N)c12. The van der Waals surface area contributed by atoms with Gasteiger partial charge in [0, 0.05) is 0 Å². The van der Waals surface area contributed by atoms with Crippen molar-refractivity contribution in [3.63, 3.8) is 0 Å². The zero-order valence-electron chi connectivity index (χ0n) is 11.4. The van der Waals surface area contributed by atoms with Crippen LogP contribution in [-0.2, 0) is 6.42 Å². The Bertz CT molecular complexity index is 751. The number of aryl methyl sites for hydroxylation is 3. The minimum Gasteiger partial charge on any atom is -0.383 e. The molecule has 0 fully saturated rings. The topological polar surface area (TPSA) is 72.5 Å². The molecule has 3 N–H and O–H groups in total. The number of aromatic amines is 1. The second kappa shape index (κ2) is 4.12. The Morgan fingerprint density at radius 1 is 1.32 bits per heavy atom. The first-order valence-electron chi connectivity index (χ1n) is 6.41. The first-order chi connectivity index (χ1) is 9.11. The Labute approximate surface area is 111 Å². The van der Waals surface area contributed by atoms with Gasteiger partial charge in [-0.3, -0.25) is 5.10 Å². The van der Waals surface area contributed by atoms with E-state index in [0.717, 1.165) is 28.8 Å². The Morgan fingerprint density at radius 3 is 2.79 bits per heavy atom. The molecule has 2 heterocycles. The van der Waals surface area contributed by atoms with Crippen LogP contribution in [-0.4, -0.2) is 20.0 Å². The molecule has 3 aromatic rings. The van der Waals surface area contributed by atoms with Crippen LogP contribution in [0, 0.1) is 13.8 Å². The third kappa shape index (κ3) is 1.69. The predicted octanol–water partition coefficient (Wildman–Crippen LogP) is 2.51. The lowest BCUT2D eigenvalue weighted by Gasteiger charge is -2.06. The molecule has 0 saturated heterocycles. The van der Waals surface area contributed by atoms with Crippen molar-refractivity contribution < 1.29 is 0 Å². The second-order valence-corrected chi connectivity index (χ2v) is 4.84. The summed E-state index contributed by atoms with van der Waals surface area (Å²) in [6.45, 7) is 6.23. The van der Waals surface area contributed by atoms with E-state index in [1.54, 1.807) is 0 Å². The molecule has 0 spiro atoms. The molecule has 1 aromatic carbocycles. The minimum absolute atomic E-state index is 0.586. The summed E-state index contributed by atoms with van der Waals surface area (Å²) in [6, 6.07) is 6.30. The monoisotopic (exact) mass is 255 g/mol. The van der Waals surface area contributed by atoms with Crippen molar-refractivity contribution in [2.24, 2.45) is 0 Å². The highest BCUT2D eigenvalue weighted by molar-refractivity contribution is 5.90. The van der Waals surface area contributed by atoms with Crippen molar-refractivity contribution in [2.45, 2.75) is 27.2 Å². The summed E-state index contributed by atoms with van der Waals surface area (Å²) in [6.07, 6.45) is 0.831. The molecule has 5 nitrogen and oxygen atoms in total. The number of nitrogens with zero attached hydrogens (tertiary/aromatic N) is 3. The third-order valence-corrected chi connectivity index (χ3v) is 3.40. The molecule has 3 rings (SSSR count). The zero-order chi connectivity index (χ0) is 13.6.